The molecule has 0 aliphatic rings. The molecule has 0 fully saturated rings. The van der Waals surface area contributed by atoms with Gasteiger partial charge in [0, 0.05) is 0 Å². The highest BCUT2D eigenvalue weighted by Gasteiger charge is 2.31. The normalized spacial score (nSPS) is 12.0. The maximum Gasteiger partial charge on any atom is 0.573 e. The lowest BCUT2D eigenvalue weighted by Gasteiger charge is -2.23. The Bertz CT molecular complexity index is 468. The van der Waals surface area contributed by atoms with Gasteiger partial charge in [0.25, 0.3) is 0 Å². The summed E-state index contributed by atoms with van der Waals surface area (Å²) >= 11 is 0. The molecule has 0 saturated heterocycles. The fourth-order valence-corrected chi connectivity index (χ4v) is 2.13. The Hall–Kier alpha value is -1.23. The number of halogens is 3. The monoisotopic (exact) mass is 333 g/mol. The summed E-state index contributed by atoms with van der Waals surface area (Å²) in [7, 11) is 0. The van der Waals surface area contributed by atoms with E-state index in [2.05, 4.69) is 18.6 Å². The van der Waals surface area contributed by atoms with Crippen molar-refractivity contribution in [1.29, 1.82) is 0 Å². The Morgan fingerprint density at radius 1 is 1.13 bits per heavy atom. The summed E-state index contributed by atoms with van der Waals surface area (Å²) in [4.78, 5) is 0. The van der Waals surface area contributed by atoms with Crippen molar-refractivity contribution in [1.82, 2.24) is 0 Å². The fourth-order valence-electron chi connectivity index (χ4n) is 2.13. The van der Waals surface area contributed by atoms with E-state index in [-0.39, 0.29) is 17.1 Å². The van der Waals surface area contributed by atoms with Crippen LogP contribution in [0.15, 0.2) is 18.2 Å². The van der Waals surface area contributed by atoms with Crippen LogP contribution in [-0.2, 0) is 6.42 Å². The third-order valence-electron chi connectivity index (χ3n) is 3.59. The SMILES string of the molecule is CC.CC(C)c1ccc(OC(F)(F)F)cc1CCC(C)(C)CN. The van der Waals surface area contributed by atoms with Crippen LogP contribution in [0.3, 0.4) is 0 Å². The van der Waals surface area contributed by atoms with Gasteiger partial charge in [0.05, 0.1) is 0 Å². The average Bonchev–Trinajstić information content (AvgIpc) is 2.45. The summed E-state index contributed by atoms with van der Waals surface area (Å²) < 4.78 is 41.0. The van der Waals surface area contributed by atoms with E-state index in [1.807, 2.05) is 27.7 Å². The van der Waals surface area contributed by atoms with Gasteiger partial charge < -0.3 is 10.5 Å². The molecule has 2 nitrogen and oxygen atoms in total. The number of hydrogen-bond donors (Lipinski definition) is 1. The van der Waals surface area contributed by atoms with Crippen molar-refractivity contribution in [2.24, 2.45) is 11.1 Å². The summed E-state index contributed by atoms with van der Waals surface area (Å²) in [6, 6.07) is 4.59. The van der Waals surface area contributed by atoms with E-state index in [0.29, 0.717) is 13.0 Å². The largest absolute Gasteiger partial charge is 0.573 e. The highest BCUT2D eigenvalue weighted by molar-refractivity contribution is 5.37. The zero-order chi connectivity index (χ0) is 18.3. The maximum atomic E-state index is 12.3. The van der Waals surface area contributed by atoms with Crippen molar-refractivity contribution in [3.8, 4) is 5.75 Å². The van der Waals surface area contributed by atoms with Gasteiger partial charge in [-0.05, 0) is 54.0 Å². The van der Waals surface area contributed by atoms with Crippen molar-refractivity contribution in [3.05, 3.63) is 29.3 Å². The number of rotatable bonds is 6. The molecule has 0 heterocycles. The molecule has 1 aromatic rings. The van der Waals surface area contributed by atoms with Gasteiger partial charge in [-0.3, -0.25) is 0 Å². The number of hydrogen-bond acceptors (Lipinski definition) is 2. The van der Waals surface area contributed by atoms with Gasteiger partial charge in [-0.15, -0.1) is 13.2 Å². The molecule has 5 heteroatoms. The number of ether oxygens (including phenoxy) is 1. The van der Waals surface area contributed by atoms with Gasteiger partial charge in [0.15, 0.2) is 0 Å². The predicted molar refractivity (Wildman–Crippen MR) is 89.7 cm³/mol. The topological polar surface area (TPSA) is 35.2 Å². The third-order valence-corrected chi connectivity index (χ3v) is 3.59. The van der Waals surface area contributed by atoms with Gasteiger partial charge >= 0.3 is 6.36 Å². The average molecular weight is 333 g/mol. The standard InChI is InChI=1S/C16H24F3NO.C2H6/c1-11(2)14-6-5-13(21-16(17,18)19)9-12(14)7-8-15(3,4)10-20;1-2/h5-6,9,11H,7-8,10,20H2,1-4H3;1-2H3. The van der Waals surface area contributed by atoms with Crippen molar-refractivity contribution in [2.75, 3.05) is 6.54 Å². The van der Waals surface area contributed by atoms with Crippen LogP contribution in [0.4, 0.5) is 13.2 Å². The first kappa shape index (κ1) is 21.8. The van der Waals surface area contributed by atoms with Gasteiger partial charge in [-0.2, -0.15) is 0 Å². The van der Waals surface area contributed by atoms with Gasteiger partial charge in [0.2, 0.25) is 0 Å². The molecule has 0 bridgehead atoms. The predicted octanol–water partition coefficient (Wildman–Crippen LogP) is 5.65. The van der Waals surface area contributed by atoms with E-state index in [1.54, 1.807) is 6.07 Å². The lowest BCUT2D eigenvalue weighted by molar-refractivity contribution is -0.274. The van der Waals surface area contributed by atoms with E-state index in [4.69, 9.17) is 5.73 Å². The van der Waals surface area contributed by atoms with Crippen molar-refractivity contribution in [3.63, 3.8) is 0 Å². The molecule has 0 aliphatic carbocycles. The molecule has 0 saturated carbocycles. The van der Waals surface area contributed by atoms with Crippen LogP contribution in [0.2, 0.25) is 0 Å². The lowest BCUT2D eigenvalue weighted by Crippen LogP contribution is -2.24. The molecule has 0 aliphatic heterocycles. The first-order valence-corrected chi connectivity index (χ1v) is 8.13. The minimum absolute atomic E-state index is 0.0326. The minimum atomic E-state index is -4.66. The number of nitrogens with two attached hydrogens (primary N) is 1. The minimum Gasteiger partial charge on any atom is -0.406 e. The second-order valence-electron chi connectivity index (χ2n) is 6.43. The molecule has 134 valence electrons. The van der Waals surface area contributed by atoms with Crippen LogP contribution in [0.25, 0.3) is 0 Å². The molecular weight excluding hydrogens is 303 g/mol. The van der Waals surface area contributed by atoms with Gasteiger partial charge in [0.1, 0.15) is 5.75 Å². The van der Waals surface area contributed by atoms with Crippen molar-refractivity contribution in [2.45, 2.75) is 66.7 Å². The Labute approximate surface area is 138 Å². The number of benzene rings is 1. The molecule has 2 N–H and O–H groups in total. The molecular formula is C18H30F3NO. The van der Waals surface area contributed by atoms with Crippen LogP contribution in [0, 0.1) is 5.41 Å². The highest BCUT2D eigenvalue weighted by Crippen LogP contribution is 2.31. The van der Waals surface area contributed by atoms with Crippen LogP contribution in [0.5, 0.6) is 5.75 Å². The summed E-state index contributed by atoms with van der Waals surface area (Å²) in [5, 5.41) is 0. The maximum absolute atomic E-state index is 12.3. The first-order chi connectivity index (χ1) is 10.5. The van der Waals surface area contributed by atoms with Crippen LogP contribution in [0.1, 0.15) is 65.0 Å². The zero-order valence-corrected chi connectivity index (χ0v) is 15.1. The Morgan fingerprint density at radius 3 is 2.13 bits per heavy atom. The molecule has 23 heavy (non-hydrogen) atoms. The number of alkyl halides is 3. The third kappa shape index (κ3) is 8.26. The Morgan fingerprint density at radius 2 is 1.70 bits per heavy atom. The second kappa shape index (κ2) is 9.16. The van der Waals surface area contributed by atoms with Gasteiger partial charge in [-0.25, -0.2) is 0 Å². The van der Waals surface area contributed by atoms with Gasteiger partial charge in [-0.1, -0.05) is 47.6 Å². The molecule has 1 rings (SSSR count). The molecule has 0 radical (unpaired) electrons. The van der Waals surface area contributed by atoms with Crippen molar-refractivity contribution >= 4 is 0 Å². The summed E-state index contributed by atoms with van der Waals surface area (Å²) in [5.41, 5.74) is 7.63. The van der Waals surface area contributed by atoms with Crippen molar-refractivity contribution < 1.29 is 17.9 Å². The van der Waals surface area contributed by atoms with Crippen LogP contribution >= 0.6 is 0 Å². The molecule has 0 amide bonds. The zero-order valence-electron chi connectivity index (χ0n) is 15.1. The van der Waals surface area contributed by atoms with E-state index < -0.39 is 6.36 Å². The Balaban J connectivity index is 0.00000232. The summed E-state index contributed by atoms with van der Waals surface area (Å²) in [6.07, 6.45) is -3.15. The highest BCUT2D eigenvalue weighted by atomic mass is 19.4. The second-order valence-corrected chi connectivity index (χ2v) is 6.43. The smallest absolute Gasteiger partial charge is 0.406 e. The first-order valence-electron chi connectivity index (χ1n) is 8.13. The number of aryl methyl sites for hydroxylation is 1. The van der Waals surface area contributed by atoms with E-state index in [1.165, 1.54) is 12.1 Å². The fraction of sp³-hybridized carbons (Fsp3) is 0.667. The van der Waals surface area contributed by atoms with Crippen LogP contribution in [-0.4, -0.2) is 12.9 Å². The quantitative estimate of drug-likeness (QED) is 0.730. The lowest BCUT2D eigenvalue weighted by atomic mass is 9.84. The Kier molecular flexibility index (Phi) is 8.67. The summed E-state index contributed by atoms with van der Waals surface area (Å²) in [5.74, 6) is 0.0911. The molecule has 0 spiro atoms. The van der Waals surface area contributed by atoms with E-state index in [0.717, 1.165) is 17.5 Å². The van der Waals surface area contributed by atoms with E-state index in [9.17, 15) is 13.2 Å². The molecule has 1 aromatic carbocycles. The van der Waals surface area contributed by atoms with Crippen LogP contribution < -0.4 is 10.5 Å². The molecule has 0 atom stereocenters. The summed E-state index contributed by atoms with van der Waals surface area (Å²) in [6.45, 7) is 12.7. The molecule has 0 unspecified atom stereocenters. The molecule has 0 aromatic heterocycles. The van der Waals surface area contributed by atoms with E-state index >= 15 is 0 Å².